The van der Waals surface area contributed by atoms with Gasteiger partial charge in [-0.15, -0.1) is 0 Å². The van der Waals surface area contributed by atoms with Gasteiger partial charge in [0.2, 0.25) is 0 Å². The average Bonchev–Trinajstić information content (AvgIpc) is 2.92. The Balaban J connectivity index is 2.22. The molecule has 1 aromatic rings. The lowest BCUT2D eigenvalue weighted by molar-refractivity contribution is -0.139. The molecule has 0 atom stereocenters. The maximum Gasteiger partial charge on any atom is 0.355 e. The zero-order chi connectivity index (χ0) is 19.6. The first-order chi connectivity index (χ1) is 13.0. The molecule has 0 saturated heterocycles. The number of nitrogens with one attached hydrogen (secondary N) is 1. The summed E-state index contributed by atoms with van der Waals surface area (Å²) in [6.07, 6.45) is 6.49. The highest BCUT2D eigenvalue weighted by Crippen LogP contribution is 2.35. The number of anilines is 2. The molecule has 0 unspecified atom stereocenters. The number of fused-ring (bicyclic) bond motifs is 1. The number of benzene rings is 1. The van der Waals surface area contributed by atoms with E-state index >= 15 is 0 Å². The van der Waals surface area contributed by atoms with Crippen LogP contribution in [0.1, 0.15) is 5.56 Å². The first-order valence-corrected chi connectivity index (χ1v) is 8.18. The molecule has 8 heteroatoms. The van der Waals surface area contributed by atoms with Gasteiger partial charge in [0, 0.05) is 25.4 Å². The van der Waals surface area contributed by atoms with Crippen molar-refractivity contribution >= 4 is 29.3 Å². The maximum atomic E-state index is 12.5. The molecular weight excluding hydrogens is 350 g/mol. The Bertz CT molecular complexity index is 901. The fraction of sp³-hybridized carbons (Fsp3) is 0.211. The lowest BCUT2D eigenvalue weighted by Gasteiger charge is -2.32. The van der Waals surface area contributed by atoms with Crippen molar-refractivity contribution in [1.29, 1.82) is 0 Å². The smallest absolute Gasteiger partial charge is 0.355 e. The van der Waals surface area contributed by atoms with Crippen molar-refractivity contribution in [3.63, 3.8) is 0 Å². The molecule has 2 aliphatic rings. The molecule has 8 nitrogen and oxygen atoms in total. The highest BCUT2D eigenvalue weighted by Gasteiger charge is 2.31. The van der Waals surface area contributed by atoms with Crippen LogP contribution in [0.3, 0.4) is 0 Å². The van der Waals surface area contributed by atoms with Crippen LogP contribution >= 0.6 is 0 Å². The molecule has 1 N–H and O–H groups in total. The summed E-state index contributed by atoms with van der Waals surface area (Å²) in [7, 11) is 4.15. The van der Waals surface area contributed by atoms with E-state index in [1.807, 2.05) is 6.07 Å². The standard InChI is InChI=1S/C19H19N3O5/c1-21-14-8-6-9-15(13(14)11-20-19(21)25)22-10-5-4-7-12(17(23)26-2)16(22)18(24)27-3/h4-10H,11H2,1-3H3,(H,20,25). The third-order valence-corrected chi connectivity index (χ3v) is 4.36. The Morgan fingerprint density at radius 2 is 1.78 bits per heavy atom. The topological polar surface area (TPSA) is 88.2 Å². The van der Waals surface area contributed by atoms with Crippen LogP contribution in [0.15, 0.2) is 53.9 Å². The van der Waals surface area contributed by atoms with Crippen LogP contribution < -0.4 is 15.1 Å². The van der Waals surface area contributed by atoms with Gasteiger partial charge in [0.25, 0.3) is 0 Å². The maximum absolute atomic E-state index is 12.5. The normalized spacial score (nSPS) is 15.9. The van der Waals surface area contributed by atoms with E-state index in [1.165, 1.54) is 25.2 Å². The van der Waals surface area contributed by atoms with Crippen molar-refractivity contribution < 1.29 is 23.9 Å². The molecule has 3 rings (SSSR count). The number of carbonyl (C=O) groups excluding carboxylic acids is 3. The van der Waals surface area contributed by atoms with E-state index < -0.39 is 11.9 Å². The summed E-state index contributed by atoms with van der Waals surface area (Å²) in [5, 5.41) is 2.78. The second kappa shape index (κ2) is 7.36. The summed E-state index contributed by atoms with van der Waals surface area (Å²) >= 11 is 0. The van der Waals surface area contributed by atoms with E-state index in [1.54, 1.807) is 42.4 Å². The van der Waals surface area contributed by atoms with Crippen molar-refractivity contribution in [3.8, 4) is 0 Å². The van der Waals surface area contributed by atoms with Crippen molar-refractivity contribution in [2.45, 2.75) is 6.54 Å². The zero-order valence-corrected chi connectivity index (χ0v) is 15.2. The van der Waals surface area contributed by atoms with Crippen LogP contribution in [0.5, 0.6) is 0 Å². The van der Waals surface area contributed by atoms with Crippen LogP contribution in [0.2, 0.25) is 0 Å². The molecule has 2 aliphatic heterocycles. The number of hydrogen-bond donors (Lipinski definition) is 1. The van der Waals surface area contributed by atoms with Gasteiger partial charge >= 0.3 is 18.0 Å². The van der Waals surface area contributed by atoms with Gasteiger partial charge < -0.3 is 19.7 Å². The number of hydrogen-bond acceptors (Lipinski definition) is 6. The average molecular weight is 369 g/mol. The third-order valence-electron chi connectivity index (χ3n) is 4.36. The zero-order valence-electron chi connectivity index (χ0n) is 15.2. The second-order valence-electron chi connectivity index (χ2n) is 5.81. The minimum atomic E-state index is -0.683. The largest absolute Gasteiger partial charge is 0.465 e. The van der Waals surface area contributed by atoms with Gasteiger partial charge in [-0.25, -0.2) is 14.4 Å². The van der Waals surface area contributed by atoms with Crippen LogP contribution in [-0.4, -0.2) is 39.2 Å². The monoisotopic (exact) mass is 369 g/mol. The number of esters is 2. The van der Waals surface area contributed by atoms with Crippen LogP contribution in [-0.2, 0) is 25.6 Å². The molecule has 0 radical (unpaired) electrons. The number of carbonyl (C=O) groups is 3. The summed E-state index contributed by atoms with van der Waals surface area (Å²) in [5.41, 5.74) is 2.26. The summed E-state index contributed by atoms with van der Waals surface area (Å²) < 4.78 is 9.73. The fourth-order valence-corrected chi connectivity index (χ4v) is 3.03. The molecule has 2 heterocycles. The van der Waals surface area contributed by atoms with E-state index in [4.69, 9.17) is 9.47 Å². The molecule has 0 aromatic heterocycles. The third kappa shape index (κ3) is 3.17. The fourth-order valence-electron chi connectivity index (χ4n) is 3.03. The predicted molar refractivity (Wildman–Crippen MR) is 98.9 cm³/mol. The first-order valence-electron chi connectivity index (χ1n) is 8.18. The summed E-state index contributed by atoms with van der Waals surface area (Å²) in [6.45, 7) is 0.286. The minimum absolute atomic E-state index is 0.0299. The van der Waals surface area contributed by atoms with Crippen molar-refractivity contribution in [3.05, 3.63) is 59.5 Å². The van der Waals surface area contributed by atoms with Crippen LogP contribution in [0, 0.1) is 0 Å². The number of ether oxygens (including phenoxy) is 2. The van der Waals surface area contributed by atoms with E-state index in [9.17, 15) is 14.4 Å². The van der Waals surface area contributed by atoms with Gasteiger partial charge in [0.05, 0.1) is 31.2 Å². The number of rotatable bonds is 3. The lowest BCUT2D eigenvalue weighted by Crippen LogP contribution is -2.42. The SMILES string of the molecule is COC(=O)C1=C(C(=O)OC)N(c2cccc3c2CNC(=O)N3C)C=CC=C1. The van der Waals surface area contributed by atoms with Gasteiger partial charge in [-0.05, 0) is 24.3 Å². The quantitative estimate of drug-likeness (QED) is 0.818. The summed E-state index contributed by atoms with van der Waals surface area (Å²) in [4.78, 5) is 39.8. The Morgan fingerprint density at radius 1 is 1.07 bits per heavy atom. The van der Waals surface area contributed by atoms with Crippen LogP contribution in [0.25, 0.3) is 0 Å². The van der Waals surface area contributed by atoms with Gasteiger partial charge in [-0.1, -0.05) is 12.1 Å². The van der Waals surface area contributed by atoms with Crippen LogP contribution in [0.4, 0.5) is 16.2 Å². The molecule has 1 aromatic carbocycles. The number of urea groups is 1. The Kier molecular flexibility index (Phi) is 4.98. The molecule has 140 valence electrons. The number of allylic oxidation sites excluding steroid dienone is 2. The number of nitrogens with zero attached hydrogens (tertiary/aromatic N) is 2. The van der Waals surface area contributed by atoms with Crippen molar-refractivity contribution in [2.24, 2.45) is 0 Å². The van der Waals surface area contributed by atoms with Gasteiger partial charge in [0.1, 0.15) is 5.70 Å². The molecule has 0 bridgehead atoms. The van der Waals surface area contributed by atoms with E-state index in [0.717, 1.165) is 5.56 Å². The lowest BCUT2D eigenvalue weighted by atomic mass is 10.1. The molecule has 27 heavy (non-hydrogen) atoms. The van der Waals surface area contributed by atoms with E-state index in [0.29, 0.717) is 11.4 Å². The Morgan fingerprint density at radius 3 is 2.48 bits per heavy atom. The Labute approximate surface area is 156 Å². The molecule has 0 fully saturated rings. The highest BCUT2D eigenvalue weighted by atomic mass is 16.5. The Hall–Kier alpha value is -3.55. The van der Waals surface area contributed by atoms with Gasteiger partial charge in [0.15, 0.2) is 0 Å². The van der Waals surface area contributed by atoms with Crippen molar-refractivity contribution in [1.82, 2.24) is 5.32 Å². The summed E-state index contributed by atoms with van der Waals surface area (Å²) in [6, 6.07) is 5.19. The molecule has 0 spiro atoms. The van der Waals surface area contributed by atoms with Gasteiger partial charge in [-0.3, -0.25) is 4.90 Å². The second-order valence-corrected chi connectivity index (χ2v) is 5.81. The van der Waals surface area contributed by atoms with E-state index in [2.05, 4.69) is 5.32 Å². The minimum Gasteiger partial charge on any atom is -0.465 e. The predicted octanol–water partition coefficient (Wildman–Crippen LogP) is 1.84. The van der Waals surface area contributed by atoms with E-state index in [-0.39, 0.29) is 23.8 Å². The first kappa shape index (κ1) is 18.2. The number of amides is 2. The summed E-state index contributed by atoms with van der Waals surface area (Å²) in [5.74, 6) is -1.34. The van der Waals surface area contributed by atoms with Gasteiger partial charge in [-0.2, -0.15) is 0 Å². The molecule has 2 amide bonds. The highest BCUT2D eigenvalue weighted by molar-refractivity contribution is 6.06. The molecular formula is C19H19N3O5. The number of methoxy groups -OCH3 is 2. The van der Waals surface area contributed by atoms with Crippen molar-refractivity contribution in [2.75, 3.05) is 31.1 Å². The molecule has 0 saturated carbocycles. The molecule has 0 aliphatic carbocycles.